The lowest BCUT2D eigenvalue weighted by molar-refractivity contribution is -0.143. The van der Waals surface area contributed by atoms with Crippen LogP contribution >= 0.6 is 11.3 Å². The summed E-state index contributed by atoms with van der Waals surface area (Å²) in [7, 11) is 1.61. The molecule has 0 bridgehead atoms. The Bertz CT molecular complexity index is 938. The minimum Gasteiger partial charge on any atom is -0.491 e. The molecule has 34 heavy (non-hydrogen) atoms. The van der Waals surface area contributed by atoms with Crippen LogP contribution < -0.4 is 4.74 Å². The summed E-state index contributed by atoms with van der Waals surface area (Å²) in [6.07, 6.45) is 1.25. The molecule has 6 nitrogen and oxygen atoms in total. The quantitative estimate of drug-likeness (QED) is 0.453. The number of carbonyl (C=O) groups excluding carboxylic acids is 2. The van der Waals surface area contributed by atoms with Gasteiger partial charge in [-0.05, 0) is 53.0 Å². The Balaban J connectivity index is 1.73. The Morgan fingerprint density at radius 1 is 1.15 bits per heavy atom. The Labute approximate surface area is 207 Å². The zero-order valence-electron chi connectivity index (χ0n) is 21.1. The van der Waals surface area contributed by atoms with Crippen molar-refractivity contribution in [2.75, 3.05) is 40.0 Å². The molecule has 0 fully saturated rings. The number of thiophene rings is 1. The third kappa shape index (κ3) is 6.83. The second-order valence-electron chi connectivity index (χ2n) is 9.59. The van der Waals surface area contributed by atoms with Crippen LogP contribution in [0.1, 0.15) is 62.1 Å². The van der Waals surface area contributed by atoms with Crippen molar-refractivity contribution in [1.29, 1.82) is 0 Å². The van der Waals surface area contributed by atoms with E-state index in [0.717, 1.165) is 17.7 Å². The van der Waals surface area contributed by atoms with Gasteiger partial charge in [0.2, 0.25) is 11.8 Å². The van der Waals surface area contributed by atoms with Crippen LogP contribution in [0.25, 0.3) is 0 Å². The predicted molar refractivity (Wildman–Crippen MR) is 136 cm³/mol. The van der Waals surface area contributed by atoms with Crippen LogP contribution in [0.3, 0.4) is 0 Å². The first-order valence-corrected chi connectivity index (χ1v) is 13.0. The summed E-state index contributed by atoms with van der Waals surface area (Å²) in [5.74, 6) is 1.45. The van der Waals surface area contributed by atoms with Gasteiger partial charge in [-0.3, -0.25) is 9.59 Å². The van der Waals surface area contributed by atoms with Crippen molar-refractivity contribution in [3.63, 3.8) is 0 Å². The number of amides is 2. The molecule has 0 saturated carbocycles. The van der Waals surface area contributed by atoms with E-state index in [1.807, 2.05) is 30.9 Å². The second-order valence-corrected chi connectivity index (χ2v) is 10.6. The van der Waals surface area contributed by atoms with Crippen LogP contribution in [-0.4, -0.2) is 61.6 Å². The molecule has 3 rings (SSSR count). The third-order valence-electron chi connectivity index (χ3n) is 6.20. The highest BCUT2D eigenvalue weighted by molar-refractivity contribution is 7.10. The van der Waals surface area contributed by atoms with Gasteiger partial charge < -0.3 is 19.3 Å². The lowest BCUT2D eigenvalue weighted by Crippen LogP contribution is -2.48. The highest BCUT2D eigenvalue weighted by atomic mass is 32.1. The monoisotopic (exact) mass is 486 g/mol. The zero-order chi connectivity index (χ0) is 24.7. The normalized spacial score (nSPS) is 15.5. The van der Waals surface area contributed by atoms with E-state index >= 15 is 0 Å². The molecule has 1 aliphatic rings. The van der Waals surface area contributed by atoms with Gasteiger partial charge in [-0.1, -0.05) is 39.8 Å². The summed E-state index contributed by atoms with van der Waals surface area (Å²) >= 11 is 1.73. The summed E-state index contributed by atoms with van der Waals surface area (Å²) in [4.78, 5) is 31.1. The first-order chi connectivity index (χ1) is 16.3. The largest absolute Gasteiger partial charge is 0.491 e. The van der Waals surface area contributed by atoms with Crippen LogP contribution in [-0.2, 0) is 20.7 Å². The second kappa shape index (κ2) is 12.4. The van der Waals surface area contributed by atoms with E-state index in [1.165, 1.54) is 10.4 Å². The van der Waals surface area contributed by atoms with Crippen LogP contribution in [0.5, 0.6) is 5.75 Å². The molecule has 0 aliphatic carbocycles. The standard InChI is InChI=1S/C27H38N2O4S/c1-19(2)16-26(30)28(13-14-32-5)17-27(31)29-12-10-25-23(11-15-34-25)24(29)18-33-22-8-6-21(7-9-22)20(3)4/h6-9,11,15,19-20,24H,10,12-14,16-18H2,1-5H3/t24-/m0/s1. The van der Waals surface area contributed by atoms with Gasteiger partial charge in [0.05, 0.1) is 19.2 Å². The number of nitrogens with zero attached hydrogens (tertiary/aromatic N) is 2. The smallest absolute Gasteiger partial charge is 0.242 e. The van der Waals surface area contributed by atoms with Gasteiger partial charge in [0.15, 0.2) is 0 Å². The van der Waals surface area contributed by atoms with E-state index in [2.05, 4.69) is 37.4 Å². The van der Waals surface area contributed by atoms with Gasteiger partial charge in [0, 0.05) is 31.5 Å². The Morgan fingerprint density at radius 3 is 2.53 bits per heavy atom. The van der Waals surface area contributed by atoms with E-state index in [0.29, 0.717) is 38.6 Å². The number of carbonyl (C=O) groups is 2. The maximum atomic E-state index is 13.5. The first-order valence-electron chi connectivity index (χ1n) is 12.1. The SMILES string of the molecule is COCCN(CC(=O)N1CCc2sccc2[C@@H]1COc1ccc(C(C)C)cc1)C(=O)CC(C)C. The minimum absolute atomic E-state index is 0.00771. The van der Waals surface area contributed by atoms with Crippen LogP contribution in [0.2, 0.25) is 0 Å². The number of rotatable bonds is 11. The molecule has 0 radical (unpaired) electrons. The molecule has 186 valence electrons. The van der Waals surface area contributed by atoms with E-state index in [9.17, 15) is 9.59 Å². The van der Waals surface area contributed by atoms with E-state index in [4.69, 9.17) is 9.47 Å². The van der Waals surface area contributed by atoms with Gasteiger partial charge in [-0.25, -0.2) is 0 Å². The molecule has 0 spiro atoms. The molecule has 0 N–H and O–H groups in total. The molecular weight excluding hydrogens is 448 g/mol. The van der Waals surface area contributed by atoms with Crippen molar-refractivity contribution < 1.29 is 19.1 Å². The molecule has 1 atom stereocenters. The first kappa shape index (κ1) is 26.2. The topological polar surface area (TPSA) is 59.1 Å². The summed E-state index contributed by atoms with van der Waals surface area (Å²) in [5.41, 5.74) is 2.42. The van der Waals surface area contributed by atoms with E-state index in [1.54, 1.807) is 23.3 Å². The maximum Gasteiger partial charge on any atom is 0.242 e. The van der Waals surface area contributed by atoms with Crippen LogP contribution in [0, 0.1) is 5.92 Å². The fourth-order valence-corrected chi connectivity index (χ4v) is 5.15. The molecule has 0 saturated heterocycles. The van der Waals surface area contributed by atoms with Crippen molar-refractivity contribution in [2.24, 2.45) is 5.92 Å². The van der Waals surface area contributed by atoms with Crippen molar-refractivity contribution in [3.05, 3.63) is 51.7 Å². The van der Waals surface area contributed by atoms with Crippen molar-refractivity contribution in [1.82, 2.24) is 9.80 Å². The molecular formula is C27H38N2O4S. The van der Waals surface area contributed by atoms with Crippen molar-refractivity contribution in [2.45, 2.75) is 52.5 Å². The number of hydrogen-bond donors (Lipinski definition) is 0. The van der Waals surface area contributed by atoms with Gasteiger partial charge >= 0.3 is 0 Å². The molecule has 2 heterocycles. The van der Waals surface area contributed by atoms with Gasteiger partial charge in [0.25, 0.3) is 0 Å². The average Bonchev–Trinajstić information content (AvgIpc) is 3.29. The molecule has 2 aromatic rings. The fraction of sp³-hybridized carbons (Fsp3) is 0.556. The van der Waals surface area contributed by atoms with Gasteiger partial charge in [0.1, 0.15) is 12.4 Å². The van der Waals surface area contributed by atoms with Crippen molar-refractivity contribution >= 4 is 23.2 Å². The predicted octanol–water partition coefficient (Wildman–Crippen LogP) is 4.90. The maximum absolute atomic E-state index is 13.5. The molecule has 1 aromatic carbocycles. The molecule has 0 unspecified atom stereocenters. The molecule has 7 heteroatoms. The number of methoxy groups -OCH3 is 1. The van der Waals surface area contributed by atoms with Gasteiger partial charge in [-0.15, -0.1) is 11.3 Å². The number of fused-ring (bicyclic) bond motifs is 1. The van der Waals surface area contributed by atoms with E-state index < -0.39 is 0 Å². The fourth-order valence-electron chi connectivity index (χ4n) is 4.22. The van der Waals surface area contributed by atoms with Gasteiger partial charge in [-0.2, -0.15) is 0 Å². The lowest BCUT2D eigenvalue weighted by Gasteiger charge is -2.37. The third-order valence-corrected chi connectivity index (χ3v) is 7.19. The summed E-state index contributed by atoms with van der Waals surface area (Å²) in [6, 6.07) is 10.1. The molecule has 1 aromatic heterocycles. The molecule has 2 amide bonds. The highest BCUT2D eigenvalue weighted by Gasteiger charge is 2.33. The van der Waals surface area contributed by atoms with E-state index in [-0.39, 0.29) is 30.3 Å². The summed E-state index contributed by atoms with van der Waals surface area (Å²) in [5, 5.41) is 2.08. The number of hydrogen-bond acceptors (Lipinski definition) is 5. The van der Waals surface area contributed by atoms with Crippen molar-refractivity contribution in [3.8, 4) is 5.75 Å². The number of ether oxygens (including phenoxy) is 2. The average molecular weight is 487 g/mol. The number of benzene rings is 1. The molecule has 1 aliphatic heterocycles. The summed E-state index contributed by atoms with van der Waals surface area (Å²) in [6.45, 7) is 10.3. The highest BCUT2D eigenvalue weighted by Crippen LogP contribution is 2.34. The minimum atomic E-state index is -0.170. The zero-order valence-corrected chi connectivity index (χ0v) is 21.9. The Hall–Kier alpha value is -2.38. The Kier molecular flexibility index (Phi) is 9.54. The summed E-state index contributed by atoms with van der Waals surface area (Å²) < 4.78 is 11.4. The Morgan fingerprint density at radius 2 is 1.88 bits per heavy atom. The lowest BCUT2D eigenvalue weighted by atomic mass is 10.00. The van der Waals surface area contributed by atoms with Crippen LogP contribution in [0.4, 0.5) is 0 Å². The van der Waals surface area contributed by atoms with Crippen LogP contribution in [0.15, 0.2) is 35.7 Å².